The second-order valence-electron chi connectivity index (χ2n) is 4.01. The van der Waals surface area contributed by atoms with Crippen LogP contribution in [0.1, 0.15) is 25.6 Å². The van der Waals surface area contributed by atoms with E-state index in [0.29, 0.717) is 12.6 Å². The first-order valence-electron chi connectivity index (χ1n) is 5.13. The van der Waals surface area contributed by atoms with Gasteiger partial charge in [0, 0.05) is 34.2 Å². The van der Waals surface area contributed by atoms with Crippen LogP contribution in [0.15, 0.2) is 24.3 Å². The minimum absolute atomic E-state index is 0.402. The molecule has 0 spiro atoms. The van der Waals surface area contributed by atoms with Crippen LogP contribution in [0.25, 0.3) is 10.9 Å². The summed E-state index contributed by atoms with van der Waals surface area (Å²) < 4.78 is 2.24. The number of hydrogen-bond donors (Lipinski definition) is 1. The summed E-state index contributed by atoms with van der Waals surface area (Å²) in [6.45, 7) is 4.86. The van der Waals surface area contributed by atoms with Crippen LogP contribution in [0.3, 0.4) is 0 Å². The molecule has 2 aromatic rings. The Morgan fingerprint density at radius 3 is 2.67 bits per heavy atom. The Morgan fingerprint density at radius 2 is 2.07 bits per heavy atom. The quantitative estimate of drug-likeness (QED) is 0.830. The van der Waals surface area contributed by atoms with Crippen LogP contribution in [0.5, 0.6) is 0 Å². The second-order valence-corrected chi connectivity index (χ2v) is 4.44. The Balaban J connectivity index is 2.76. The number of benzene rings is 1. The second kappa shape index (κ2) is 3.87. The standard InChI is InChI=1S/C12H15ClN2/c1-8(2)15-11(7-14)5-9-3-4-10(13)6-12(9)15/h3-6,8H,7,14H2,1-2H3. The van der Waals surface area contributed by atoms with Crippen molar-refractivity contribution in [3.63, 3.8) is 0 Å². The molecule has 0 unspecified atom stereocenters. The Bertz CT molecular complexity index is 486. The number of nitrogens with zero attached hydrogens (tertiary/aromatic N) is 1. The summed E-state index contributed by atoms with van der Waals surface area (Å²) in [7, 11) is 0. The van der Waals surface area contributed by atoms with Crippen molar-refractivity contribution in [1.29, 1.82) is 0 Å². The van der Waals surface area contributed by atoms with Gasteiger partial charge in [0.25, 0.3) is 0 Å². The van der Waals surface area contributed by atoms with E-state index in [-0.39, 0.29) is 0 Å². The van der Waals surface area contributed by atoms with Gasteiger partial charge in [0.2, 0.25) is 0 Å². The topological polar surface area (TPSA) is 30.9 Å². The van der Waals surface area contributed by atoms with E-state index in [1.807, 2.05) is 18.2 Å². The first-order chi connectivity index (χ1) is 7.13. The van der Waals surface area contributed by atoms with Crippen LogP contribution in [-0.2, 0) is 6.54 Å². The molecular formula is C12H15ClN2. The first kappa shape index (κ1) is 10.5. The van der Waals surface area contributed by atoms with Gasteiger partial charge in [-0.05, 0) is 32.0 Å². The molecule has 2 rings (SSSR count). The Hall–Kier alpha value is -0.990. The molecule has 2 nitrogen and oxygen atoms in total. The Morgan fingerprint density at radius 1 is 1.33 bits per heavy atom. The summed E-state index contributed by atoms with van der Waals surface area (Å²) in [4.78, 5) is 0. The number of aromatic nitrogens is 1. The fraction of sp³-hybridized carbons (Fsp3) is 0.333. The zero-order valence-electron chi connectivity index (χ0n) is 9.00. The van der Waals surface area contributed by atoms with Crippen LogP contribution in [0.4, 0.5) is 0 Å². The molecule has 0 atom stereocenters. The third-order valence-electron chi connectivity index (χ3n) is 2.61. The van der Waals surface area contributed by atoms with E-state index in [1.165, 1.54) is 5.39 Å². The molecule has 0 aliphatic heterocycles. The molecule has 0 fully saturated rings. The van der Waals surface area contributed by atoms with Gasteiger partial charge in [-0.2, -0.15) is 0 Å². The molecule has 0 bridgehead atoms. The third-order valence-corrected chi connectivity index (χ3v) is 2.84. The molecular weight excluding hydrogens is 208 g/mol. The van der Waals surface area contributed by atoms with Gasteiger partial charge in [0.15, 0.2) is 0 Å². The van der Waals surface area contributed by atoms with E-state index in [4.69, 9.17) is 17.3 Å². The van der Waals surface area contributed by atoms with Crippen molar-refractivity contribution in [2.75, 3.05) is 0 Å². The van der Waals surface area contributed by atoms with Gasteiger partial charge in [-0.1, -0.05) is 17.7 Å². The molecule has 0 aliphatic carbocycles. The van der Waals surface area contributed by atoms with Gasteiger partial charge in [-0.3, -0.25) is 0 Å². The highest BCUT2D eigenvalue weighted by molar-refractivity contribution is 6.31. The van der Waals surface area contributed by atoms with E-state index in [2.05, 4.69) is 24.5 Å². The van der Waals surface area contributed by atoms with Crippen molar-refractivity contribution in [3.05, 3.63) is 35.0 Å². The van der Waals surface area contributed by atoms with Crippen LogP contribution in [-0.4, -0.2) is 4.57 Å². The molecule has 1 aromatic carbocycles. The van der Waals surface area contributed by atoms with Crippen molar-refractivity contribution in [2.24, 2.45) is 5.73 Å². The number of hydrogen-bond acceptors (Lipinski definition) is 1. The molecule has 1 heterocycles. The van der Waals surface area contributed by atoms with Crippen LogP contribution in [0, 0.1) is 0 Å². The summed E-state index contributed by atoms with van der Waals surface area (Å²) >= 11 is 6.00. The monoisotopic (exact) mass is 222 g/mol. The third kappa shape index (κ3) is 1.75. The molecule has 0 aliphatic rings. The van der Waals surface area contributed by atoms with Crippen molar-refractivity contribution in [1.82, 2.24) is 4.57 Å². The summed E-state index contributed by atoms with van der Waals surface area (Å²) in [5.41, 5.74) is 8.06. The van der Waals surface area contributed by atoms with E-state index < -0.39 is 0 Å². The molecule has 2 N–H and O–H groups in total. The lowest BCUT2D eigenvalue weighted by molar-refractivity contribution is 0.595. The highest BCUT2D eigenvalue weighted by atomic mass is 35.5. The maximum atomic E-state index is 6.00. The molecule has 0 radical (unpaired) electrons. The minimum Gasteiger partial charge on any atom is -0.341 e. The molecule has 0 amide bonds. The van der Waals surface area contributed by atoms with Crippen molar-refractivity contribution in [3.8, 4) is 0 Å². The van der Waals surface area contributed by atoms with Gasteiger partial charge in [0.05, 0.1) is 0 Å². The maximum Gasteiger partial charge on any atom is 0.0500 e. The molecule has 0 saturated carbocycles. The normalized spacial score (nSPS) is 11.5. The number of rotatable bonds is 2. The summed E-state index contributed by atoms with van der Waals surface area (Å²) in [5.74, 6) is 0. The maximum absolute atomic E-state index is 6.00. The molecule has 1 aromatic heterocycles. The van der Waals surface area contributed by atoms with Crippen LogP contribution < -0.4 is 5.73 Å². The zero-order chi connectivity index (χ0) is 11.0. The molecule has 80 valence electrons. The highest BCUT2D eigenvalue weighted by Gasteiger charge is 2.10. The fourth-order valence-corrected chi connectivity index (χ4v) is 2.18. The first-order valence-corrected chi connectivity index (χ1v) is 5.50. The smallest absolute Gasteiger partial charge is 0.0500 e. The van der Waals surface area contributed by atoms with Gasteiger partial charge < -0.3 is 10.3 Å². The van der Waals surface area contributed by atoms with E-state index in [0.717, 1.165) is 16.2 Å². The molecule has 3 heteroatoms. The van der Waals surface area contributed by atoms with Gasteiger partial charge in [-0.25, -0.2) is 0 Å². The van der Waals surface area contributed by atoms with Gasteiger partial charge in [0.1, 0.15) is 0 Å². The van der Waals surface area contributed by atoms with E-state index in [9.17, 15) is 0 Å². The number of halogens is 1. The fourth-order valence-electron chi connectivity index (χ4n) is 2.02. The SMILES string of the molecule is CC(C)n1c(CN)cc2ccc(Cl)cc21. The van der Waals surface area contributed by atoms with Crippen molar-refractivity contribution >= 4 is 22.5 Å². The van der Waals surface area contributed by atoms with E-state index >= 15 is 0 Å². The lowest BCUT2D eigenvalue weighted by Gasteiger charge is -2.13. The summed E-state index contributed by atoms with van der Waals surface area (Å²) in [6, 6.07) is 8.48. The van der Waals surface area contributed by atoms with Crippen molar-refractivity contribution < 1.29 is 0 Å². The average Bonchev–Trinajstić information content (AvgIpc) is 2.55. The number of fused-ring (bicyclic) bond motifs is 1. The zero-order valence-corrected chi connectivity index (χ0v) is 9.75. The molecule has 15 heavy (non-hydrogen) atoms. The average molecular weight is 223 g/mol. The largest absolute Gasteiger partial charge is 0.341 e. The van der Waals surface area contributed by atoms with E-state index in [1.54, 1.807) is 0 Å². The summed E-state index contributed by atoms with van der Waals surface area (Å²) in [5, 5.41) is 1.97. The highest BCUT2D eigenvalue weighted by Crippen LogP contribution is 2.26. The number of nitrogens with two attached hydrogens (primary N) is 1. The summed E-state index contributed by atoms with van der Waals surface area (Å²) in [6.07, 6.45) is 0. The van der Waals surface area contributed by atoms with Gasteiger partial charge >= 0.3 is 0 Å². The predicted molar refractivity (Wildman–Crippen MR) is 65.2 cm³/mol. The minimum atomic E-state index is 0.402. The van der Waals surface area contributed by atoms with Crippen LogP contribution >= 0.6 is 11.6 Å². The Kier molecular flexibility index (Phi) is 2.72. The van der Waals surface area contributed by atoms with Gasteiger partial charge in [-0.15, -0.1) is 0 Å². The van der Waals surface area contributed by atoms with Crippen LogP contribution in [0.2, 0.25) is 5.02 Å². The lowest BCUT2D eigenvalue weighted by atomic mass is 10.2. The lowest BCUT2D eigenvalue weighted by Crippen LogP contribution is -2.08. The predicted octanol–water partition coefficient (Wildman–Crippen LogP) is 3.33. The Labute approximate surface area is 94.6 Å². The van der Waals surface area contributed by atoms with Crippen molar-refractivity contribution in [2.45, 2.75) is 26.4 Å². The molecule has 0 saturated heterocycles.